The van der Waals surface area contributed by atoms with Gasteiger partial charge in [-0.25, -0.2) is 4.98 Å². The van der Waals surface area contributed by atoms with Crippen molar-refractivity contribution >= 4 is 16.7 Å². The van der Waals surface area contributed by atoms with Crippen LogP contribution in [0.15, 0.2) is 36.7 Å². The van der Waals surface area contributed by atoms with Gasteiger partial charge in [-0.05, 0) is 25.1 Å². The van der Waals surface area contributed by atoms with Crippen molar-refractivity contribution in [2.45, 2.75) is 6.92 Å². The van der Waals surface area contributed by atoms with Gasteiger partial charge in [-0.3, -0.25) is 4.98 Å². The second-order valence-electron chi connectivity index (χ2n) is 4.07. The summed E-state index contributed by atoms with van der Waals surface area (Å²) in [6.07, 6.45) is 3.49. The SMILES string of the molecule is Cc1ccc(N)c(-c2nc3ccncc3[nH]2)c1. The minimum absolute atomic E-state index is 0.725. The van der Waals surface area contributed by atoms with E-state index in [0.29, 0.717) is 0 Å². The summed E-state index contributed by atoms with van der Waals surface area (Å²) in [5.74, 6) is 0.786. The number of nitrogens with zero attached hydrogens (tertiary/aromatic N) is 2. The molecule has 0 spiro atoms. The molecular weight excluding hydrogens is 212 g/mol. The summed E-state index contributed by atoms with van der Waals surface area (Å²) in [7, 11) is 0. The topological polar surface area (TPSA) is 67.6 Å². The second-order valence-corrected chi connectivity index (χ2v) is 4.07. The summed E-state index contributed by atoms with van der Waals surface area (Å²) in [5.41, 5.74) is 10.6. The molecule has 4 nitrogen and oxygen atoms in total. The molecule has 2 heterocycles. The summed E-state index contributed by atoms with van der Waals surface area (Å²) in [6.45, 7) is 2.03. The van der Waals surface area contributed by atoms with Gasteiger partial charge >= 0.3 is 0 Å². The van der Waals surface area contributed by atoms with Gasteiger partial charge in [-0.1, -0.05) is 11.6 Å². The quantitative estimate of drug-likeness (QED) is 0.624. The number of aromatic nitrogens is 3. The molecule has 0 unspecified atom stereocenters. The van der Waals surface area contributed by atoms with Crippen molar-refractivity contribution in [1.82, 2.24) is 15.0 Å². The van der Waals surface area contributed by atoms with Crippen LogP contribution in [0.25, 0.3) is 22.4 Å². The van der Waals surface area contributed by atoms with E-state index in [2.05, 4.69) is 15.0 Å². The third-order valence-corrected chi connectivity index (χ3v) is 2.75. The Morgan fingerprint density at radius 3 is 2.94 bits per heavy atom. The number of rotatable bonds is 1. The fraction of sp³-hybridized carbons (Fsp3) is 0.0769. The molecule has 0 amide bonds. The first-order valence-electron chi connectivity index (χ1n) is 5.40. The molecule has 0 bridgehead atoms. The first-order chi connectivity index (χ1) is 8.24. The molecule has 0 aliphatic carbocycles. The van der Waals surface area contributed by atoms with Crippen LogP contribution >= 0.6 is 0 Å². The molecule has 0 fully saturated rings. The maximum atomic E-state index is 5.97. The number of hydrogen-bond acceptors (Lipinski definition) is 3. The predicted octanol–water partition coefficient (Wildman–Crippen LogP) is 2.52. The van der Waals surface area contributed by atoms with Gasteiger partial charge in [0.25, 0.3) is 0 Å². The Morgan fingerprint density at radius 2 is 2.12 bits per heavy atom. The summed E-state index contributed by atoms with van der Waals surface area (Å²) >= 11 is 0. The van der Waals surface area contributed by atoms with Crippen molar-refractivity contribution in [2.24, 2.45) is 0 Å². The number of H-pyrrole nitrogens is 1. The molecule has 0 radical (unpaired) electrons. The van der Waals surface area contributed by atoms with E-state index < -0.39 is 0 Å². The van der Waals surface area contributed by atoms with Crippen LogP contribution in [-0.4, -0.2) is 15.0 Å². The lowest BCUT2D eigenvalue weighted by molar-refractivity contribution is 1.32. The van der Waals surface area contributed by atoms with Crippen molar-refractivity contribution in [1.29, 1.82) is 0 Å². The van der Waals surface area contributed by atoms with Crippen molar-refractivity contribution in [3.8, 4) is 11.4 Å². The van der Waals surface area contributed by atoms with Gasteiger partial charge < -0.3 is 10.7 Å². The summed E-state index contributed by atoms with van der Waals surface area (Å²) in [5, 5.41) is 0. The van der Waals surface area contributed by atoms with E-state index in [1.54, 1.807) is 12.4 Å². The first-order valence-corrected chi connectivity index (χ1v) is 5.40. The van der Waals surface area contributed by atoms with E-state index >= 15 is 0 Å². The van der Waals surface area contributed by atoms with Crippen LogP contribution in [0.5, 0.6) is 0 Å². The molecule has 3 N–H and O–H groups in total. The molecule has 3 aromatic rings. The van der Waals surface area contributed by atoms with Crippen molar-refractivity contribution < 1.29 is 0 Å². The van der Waals surface area contributed by atoms with Gasteiger partial charge in [0.1, 0.15) is 5.82 Å². The van der Waals surface area contributed by atoms with Crippen molar-refractivity contribution in [2.75, 3.05) is 5.73 Å². The monoisotopic (exact) mass is 224 g/mol. The number of imidazole rings is 1. The number of nitrogens with one attached hydrogen (secondary N) is 1. The average Bonchev–Trinajstić information content (AvgIpc) is 2.75. The van der Waals surface area contributed by atoms with Gasteiger partial charge in [0.15, 0.2) is 0 Å². The highest BCUT2D eigenvalue weighted by Gasteiger charge is 2.08. The Balaban J connectivity index is 2.23. The first kappa shape index (κ1) is 9.84. The van der Waals surface area contributed by atoms with E-state index in [4.69, 9.17) is 5.73 Å². The van der Waals surface area contributed by atoms with E-state index in [-0.39, 0.29) is 0 Å². The lowest BCUT2D eigenvalue weighted by Gasteiger charge is -2.03. The number of aromatic amines is 1. The zero-order valence-corrected chi connectivity index (χ0v) is 9.44. The largest absolute Gasteiger partial charge is 0.398 e. The molecular formula is C13H12N4. The number of hydrogen-bond donors (Lipinski definition) is 2. The Hall–Kier alpha value is -2.36. The van der Waals surface area contributed by atoms with E-state index in [0.717, 1.165) is 33.7 Å². The zero-order valence-electron chi connectivity index (χ0n) is 9.44. The molecule has 0 aliphatic heterocycles. The van der Waals surface area contributed by atoms with E-state index in [1.807, 2.05) is 31.2 Å². The number of fused-ring (bicyclic) bond motifs is 1. The predicted molar refractivity (Wildman–Crippen MR) is 68.5 cm³/mol. The van der Waals surface area contributed by atoms with Crippen LogP contribution in [-0.2, 0) is 0 Å². The molecule has 0 saturated carbocycles. The van der Waals surface area contributed by atoms with E-state index in [9.17, 15) is 0 Å². The fourth-order valence-corrected chi connectivity index (χ4v) is 1.86. The molecule has 4 heteroatoms. The minimum atomic E-state index is 0.725. The number of aryl methyl sites for hydroxylation is 1. The summed E-state index contributed by atoms with van der Waals surface area (Å²) in [6, 6.07) is 7.79. The average molecular weight is 224 g/mol. The third kappa shape index (κ3) is 1.63. The van der Waals surface area contributed by atoms with Crippen molar-refractivity contribution in [3.63, 3.8) is 0 Å². The lowest BCUT2D eigenvalue weighted by Crippen LogP contribution is -1.91. The lowest BCUT2D eigenvalue weighted by atomic mass is 10.1. The smallest absolute Gasteiger partial charge is 0.140 e. The molecule has 0 saturated heterocycles. The van der Waals surface area contributed by atoms with Crippen LogP contribution in [0.3, 0.4) is 0 Å². The van der Waals surface area contributed by atoms with Crippen LogP contribution in [0.2, 0.25) is 0 Å². The number of nitrogen functional groups attached to an aromatic ring is 1. The zero-order chi connectivity index (χ0) is 11.8. The maximum absolute atomic E-state index is 5.97. The Labute approximate surface area is 98.5 Å². The van der Waals surface area contributed by atoms with E-state index in [1.165, 1.54) is 0 Å². The Morgan fingerprint density at radius 1 is 1.24 bits per heavy atom. The van der Waals surface area contributed by atoms with Gasteiger partial charge in [0.05, 0.1) is 17.2 Å². The fourth-order valence-electron chi connectivity index (χ4n) is 1.86. The maximum Gasteiger partial charge on any atom is 0.140 e. The molecule has 1 aromatic carbocycles. The Bertz CT molecular complexity index is 652. The Kier molecular flexibility index (Phi) is 2.08. The van der Waals surface area contributed by atoms with Gasteiger partial charge in [-0.15, -0.1) is 0 Å². The highest BCUT2D eigenvalue weighted by molar-refractivity contribution is 5.81. The van der Waals surface area contributed by atoms with Gasteiger partial charge in [0.2, 0.25) is 0 Å². The second kappa shape index (κ2) is 3.59. The molecule has 3 rings (SSSR count). The summed E-state index contributed by atoms with van der Waals surface area (Å²) in [4.78, 5) is 11.8. The van der Waals surface area contributed by atoms with Crippen LogP contribution in [0.4, 0.5) is 5.69 Å². The number of nitrogens with two attached hydrogens (primary N) is 1. The van der Waals surface area contributed by atoms with Crippen molar-refractivity contribution in [3.05, 3.63) is 42.2 Å². The minimum Gasteiger partial charge on any atom is -0.398 e. The van der Waals surface area contributed by atoms with Gasteiger partial charge in [0, 0.05) is 17.4 Å². The standard InChI is InChI=1S/C13H12N4/c1-8-2-3-10(14)9(6-8)13-16-11-4-5-15-7-12(11)17-13/h2-7H,14H2,1H3,(H,16,17). The molecule has 2 aromatic heterocycles. The molecule has 17 heavy (non-hydrogen) atoms. The summed E-state index contributed by atoms with van der Waals surface area (Å²) < 4.78 is 0. The van der Waals surface area contributed by atoms with Crippen LogP contribution in [0.1, 0.15) is 5.56 Å². The highest BCUT2D eigenvalue weighted by Crippen LogP contribution is 2.26. The normalized spacial score (nSPS) is 10.9. The molecule has 0 aliphatic rings. The van der Waals surface area contributed by atoms with Gasteiger partial charge in [-0.2, -0.15) is 0 Å². The third-order valence-electron chi connectivity index (χ3n) is 2.75. The number of benzene rings is 1. The highest BCUT2D eigenvalue weighted by atomic mass is 14.9. The number of pyridine rings is 1. The molecule has 0 atom stereocenters. The van der Waals surface area contributed by atoms with Crippen LogP contribution < -0.4 is 5.73 Å². The van der Waals surface area contributed by atoms with Crippen LogP contribution in [0, 0.1) is 6.92 Å². The molecule has 84 valence electrons. The number of anilines is 1.